The van der Waals surface area contributed by atoms with E-state index < -0.39 is 5.97 Å². The number of rotatable bonds is 4. The van der Waals surface area contributed by atoms with Crippen molar-refractivity contribution in [2.24, 2.45) is 7.05 Å². The van der Waals surface area contributed by atoms with Crippen molar-refractivity contribution in [1.29, 1.82) is 0 Å². The number of benzene rings is 2. The number of hydrogen-bond acceptors (Lipinski definition) is 2. The maximum absolute atomic E-state index is 11.7. The number of nitrogens with zero attached hydrogens (tertiary/aromatic N) is 2. The van der Waals surface area contributed by atoms with Gasteiger partial charge in [0.05, 0.1) is 6.57 Å². The van der Waals surface area contributed by atoms with Crippen molar-refractivity contribution < 1.29 is 9.90 Å². The van der Waals surface area contributed by atoms with Crippen molar-refractivity contribution in [1.82, 2.24) is 4.57 Å². The first kappa shape index (κ1) is 17.8. The molecular formula is C21H18N2O2S. The highest BCUT2D eigenvalue weighted by molar-refractivity contribution is 7.98. The van der Waals surface area contributed by atoms with Crippen molar-refractivity contribution in [3.8, 4) is 22.3 Å². The molecular weight excluding hydrogens is 344 g/mol. The number of carboxylic acids is 1. The van der Waals surface area contributed by atoms with E-state index >= 15 is 0 Å². The summed E-state index contributed by atoms with van der Waals surface area (Å²) in [5, 5.41) is 9.62. The minimum absolute atomic E-state index is 0.144. The molecule has 0 aliphatic carbocycles. The molecule has 0 saturated heterocycles. The third-order valence-corrected chi connectivity index (χ3v) is 5.36. The van der Waals surface area contributed by atoms with Crippen LogP contribution >= 0.6 is 11.8 Å². The second-order valence-corrected chi connectivity index (χ2v) is 6.76. The second-order valence-electron chi connectivity index (χ2n) is 5.91. The first-order chi connectivity index (χ1) is 12.5. The Morgan fingerprint density at radius 2 is 1.73 bits per heavy atom. The van der Waals surface area contributed by atoms with Crippen LogP contribution in [0.5, 0.6) is 0 Å². The molecule has 0 amide bonds. The summed E-state index contributed by atoms with van der Waals surface area (Å²) in [4.78, 5) is 16.5. The Bertz CT molecular complexity index is 1030. The second kappa shape index (κ2) is 7.11. The molecule has 0 saturated carbocycles. The van der Waals surface area contributed by atoms with E-state index in [9.17, 15) is 9.90 Å². The third-order valence-electron chi connectivity index (χ3n) is 4.56. The van der Waals surface area contributed by atoms with Gasteiger partial charge >= 0.3 is 5.97 Å². The maximum Gasteiger partial charge on any atom is 0.351 e. The molecule has 1 aromatic heterocycles. The monoisotopic (exact) mass is 362 g/mol. The van der Waals surface area contributed by atoms with Gasteiger partial charge in [0.2, 0.25) is 5.69 Å². The summed E-state index contributed by atoms with van der Waals surface area (Å²) in [6.07, 6.45) is 2.04. The van der Waals surface area contributed by atoms with Crippen molar-refractivity contribution in [3.05, 3.63) is 71.3 Å². The molecule has 0 radical (unpaired) electrons. The normalized spacial score (nSPS) is 10.5. The zero-order chi connectivity index (χ0) is 18.8. The molecule has 0 atom stereocenters. The highest BCUT2D eigenvalue weighted by Crippen LogP contribution is 2.39. The third kappa shape index (κ3) is 2.89. The smallest absolute Gasteiger partial charge is 0.351 e. The van der Waals surface area contributed by atoms with E-state index in [4.69, 9.17) is 6.57 Å². The number of hydrogen-bond donors (Lipinski definition) is 1. The van der Waals surface area contributed by atoms with Crippen LogP contribution < -0.4 is 0 Å². The molecule has 3 rings (SSSR count). The van der Waals surface area contributed by atoms with Gasteiger partial charge in [-0.3, -0.25) is 0 Å². The van der Waals surface area contributed by atoms with E-state index in [0.29, 0.717) is 16.9 Å². The first-order valence-electron chi connectivity index (χ1n) is 8.03. The Hall–Kier alpha value is -2.97. The largest absolute Gasteiger partial charge is 0.477 e. The maximum atomic E-state index is 11.7. The van der Waals surface area contributed by atoms with E-state index in [0.717, 1.165) is 16.7 Å². The van der Waals surface area contributed by atoms with Crippen LogP contribution in [0.3, 0.4) is 0 Å². The molecule has 0 bridgehead atoms. The molecule has 4 nitrogen and oxygen atoms in total. The molecule has 0 spiro atoms. The van der Waals surface area contributed by atoms with Gasteiger partial charge in [-0.1, -0.05) is 42.5 Å². The Morgan fingerprint density at radius 1 is 1.12 bits per heavy atom. The summed E-state index contributed by atoms with van der Waals surface area (Å²) in [5.41, 5.74) is 4.61. The molecule has 0 unspecified atom stereocenters. The van der Waals surface area contributed by atoms with Gasteiger partial charge in [0, 0.05) is 23.2 Å². The lowest BCUT2D eigenvalue weighted by molar-refractivity contribution is 0.0687. The molecule has 3 aromatic rings. The number of carbonyl (C=O) groups is 1. The predicted octanol–water partition coefficient (Wildman–Crippen LogP) is 5.64. The Labute approximate surface area is 156 Å². The number of aromatic carboxylic acids is 1. The zero-order valence-electron chi connectivity index (χ0n) is 14.8. The minimum atomic E-state index is -1.03. The van der Waals surface area contributed by atoms with Crippen molar-refractivity contribution in [2.45, 2.75) is 11.8 Å². The van der Waals surface area contributed by atoms with Gasteiger partial charge in [0.25, 0.3) is 0 Å². The van der Waals surface area contributed by atoms with Gasteiger partial charge in [-0.25, -0.2) is 9.64 Å². The summed E-state index contributed by atoms with van der Waals surface area (Å²) < 4.78 is 1.57. The average Bonchev–Trinajstić information content (AvgIpc) is 2.92. The Balaban J connectivity index is 2.15. The highest BCUT2D eigenvalue weighted by atomic mass is 32.2. The SMILES string of the molecule is [C-]#[N+]c1c(-c2ccc(-c3ccccc3SC)cc2)c(C(=O)O)n(C)c1C. The lowest BCUT2D eigenvalue weighted by atomic mass is 9.99. The number of aromatic nitrogens is 1. The summed E-state index contributed by atoms with van der Waals surface area (Å²) in [6, 6.07) is 15.9. The van der Waals surface area contributed by atoms with Gasteiger partial charge in [-0.05, 0) is 35.9 Å². The number of thioether (sulfide) groups is 1. The lowest BCUT2D eigenvalue weighted by Crippen LogP contribution is -2.06. The van der Waals surface area contributed by atoms with Gasteiger partial charge in [-0.15, -0.1) is 11.8 Å². The van der Waals surface area contributed by atoms with E-state index in [1.54, 1.807) is 30.3 Å². The molecule has 26 heavy (non-hydrogen) atoms. The van der Waals surface area contributed by atoms with Gasteiger partial charge in [0.15, 0.2) is 0 Å². The highest BCUT2D eigenvalue weighted by Gasteiger charge is 2.24. The Morgan fingerprint density at radius 3 is 2.31 bits per heavy atom. The summed E-state index contributed by atoms with van der Waals surface area (Å²) >= 11 is 1.69. The molecule has 0 aliphatic heterocycles. The lowest BCUT2D eigenvalue weighted by Gasteiger charge is -2.09. The fraction of sp³-hybridized carbons (Fsp3) is 0.143. The molecule has 0 aliphatic rings. The van der Waals surface area contributed by atoms with Crippen molar-refractivity contribution in [2.75, 3.05) is 6.26 Å². The summed E-state index contributed by atoms with van der Waals surface area (Å²) in [6.45, 7) is 9.24. The molecule has 1 heterocycles. The summed E-state index contributed by atoms with van der Waals surface area (Å²) in [7, 11) is 1.68. The topological polar surface area (TPSA) is 46.6 Å². The molecule has 130 valence electrons. The average molecular weight is 362 g/mol. The van der Waals surface area contributed by atoms with Crippen LogP contribution in [-0.4, -0.2) is 21.9 Å². The van der Waals surface area contributed by atoms with Crippen LogP contribution in [0.25, 0.3) is 27.1 Å². The first-order valence-corrected chi connectivity index (χ1v) is 9.26. The van der Waals surface area contributed by atoms with Crippen molar-refractivity contribution >= 4 is 23.4 Å². The van der Waals surface area contributed by atoms with E-state index in [1.807, 2.05) is 42.7 Å². The number of carboxylic acid groups (broad SMARTS) is 1. The summed E-state index contributed by atoms with van der Waals surface area (Å²) in [5.74, 6) is -1.03. The fourth-order valence-electron chi connectivity index (χ4n) is 3.15. The fourth-order valence-corrected chi connectivity index (χ4v) is 3.77. The molecule has 2 aromatic carbocycles. The minimum Gasteiger partial charge on any atom is -0.477 e. The molecule has 1 N–H and O–H groups in total. The molecule has 0 fully saturated rings. The van der Waals surface area contributed by atoms with Crippen LogP contribution in [0.1, 0.15) is 16.2 Å². The van der Waals surface area contributed by atoms with Gasteiger partial charge in [0.1, 0.15) is 5.69 Å². The van der Waals surface area contributed by atoms with E-state index in [1.165, 1.54) is 4.90 Å². The Kier molecular flexibility index (Phi) is 4.88. The van der Waals surface area contributed by atoms with Crippen molar-refractivity contribution in [3.63, 3.8) is 0 Å². The van der Waals surface area contributed by atoms with E-state index in [-0.39, 0.29) is 5.69 Å². The standard InChI is InChI=1S/C21H18N2O2S/c1-13-19(22-2)18(20(21(24)25)23(13)3)15-11-9-14(10-12-15)16-7-5-6-8-17(16)26-4/h5-12H,1,3-4H3,(H,24,25). The predicted molar refractivity (Wildman–Crippen MR) is 106 cm³/mol. The van der Waals surface area contributed by atoms with Crippen LogP contribution in [-0.2, 0) is 7.05 Å². The van der Waals surface area contributed by atoms with Crippen LogP contribution in [0.4, 0.5) is 5.69 Å². The van der Waals surface area contributed by atoms with Crippen LogP contribution in [0.2, 0.25) is 0 Å². The van der Waals surface area contributed by atoms with E-state index in [2.05, 4.69) is 17.0 Å². The zero-order valence-corrected chi connectivity index (χ0v) is 15.6. The van der Waals surface area contributed by atoms with Gasteiger partial charge in [-0.2, -0.15) is 0 Å². The van der Waals surface area contributed by atoms with Crippen LogP contribution in [0, 0.1) is 13.5 Å². The van der Waals surface area contributed by atoms with Gasteiger partial charge < -0.3 is 9.67 Å². The molecule has 5 heteroatoms. The quantitative estimate of drug-likeness (QED) is 0.483. The van der Waals surface area contributed by atoms with Crippen LogP contribution in [0.15, 0.2) is 53.4 Å².